The number of carbonyl (C=O) groups excluding carboxylic acids is 1. The molecule has 7 nitrogen and oxygen atoms in total. The van der Waals surface area contributed by atoms with Crippen molar-refractivity contribution in [2.45, 2.75) is 6.92 Å². The van der Waals surface area contributed by atoms with E-state index in [0.717, 1.165) is 0 Å². The summed E-state index contributed by atoms with van der Waals surface area (Å²) < 4.78 is 10.7. The van der Waals surface area contributed by atoms with Crippen LogP contribution in [-0.4, -0.2) is 30.4 Å². The smallest absolute Gasteiger partial charge is 0.255 e. The van der Waals surface area contributed by atoms with Crippen molar-refractivity contribution >= 4 is 41.1 Å². The number of rotatable bonds is 7. The van der Waals surface area contributed by atoms with Crippen LogP contribution in [0.15, 0.2) is 17.2 Å². The van der Waals surface area contributed by atoms with Gasteiger partial charge in [-0.15, -0.1) is 0 Å². The Bertz CT molecular complexity index is 566. The molecule has 21 heavy (non-hydrogen) atoms. The molecule has 114 valence electrons. The first-order chi connectivity index (χ1) is 9.93. The summed E-state index contributed by atoms with van der Waals surface area (Å²) in [6.07, 6.45) is 1.46. The lowest BCUT2D eigenvalue weighted by Gasteiger charge is -2.13. The van der Waals surface area contributed by atoms with Gasteiger partial charge in [0, 0.05) is 0 Å². The van der Waals surface area contributed by atoms with E-state index in [0.29, 0.717) is 17.9 Å². The number of hydrazone groups is 1. The molecular formula is C12H15ClN4O3S. The zero-order valence-corrected chi connectivity index (χ0v) is 12.8. The fourth-order valence-corrected chi connectivity index (χ4v) is 1.71. The van der Waals surface area contributed by atoms with Crippen molar-refractivity contribution in [1.29, 1.82) is 0 Å². The Morgan fingerprint density at radius 1 is 1.48 bits per heavy atom. The molecule has 5 N–H and O–H groups in total. The van der Waals surface area contributed by atoms with Gasteiger partial charge in [0.2, 0.25) is 0 Å². The first kappa shape index (κ1) is 17.0. The zero-order valence-electron chi connectivity index (χ0n) is 11.3. The van der Waals surface area contributed by atoms with Crippen molar-refractivity contribution in [3.63, 3.8) is 0 Å². The molecule has 0 aliphatic heterocycles. The molecule has 1 amide bonds. The van der Waals surface area contributed by atoms with Gasteiger partial charge < -0.3 is 20.9 Å². The molecule has 0 fully saturated rings. The summed E-state index contributed by atoms with van der Waals surface area (Å²) in [6, 6.07) is 3.24. The number of primary amides is 1. The van der Waals surface area contributed by atoms with Crippen LogP contribution in [0.4, 0.5) is 0 Å². The van der Waals surface area contributed by atoms with Gasteiger partial charge in [-0.05, 0) is 36.8 Å². The molecule has 0 bridgehead atoms. The van der Waals surface area contributed by atoms with Crippen LogP contribution in [0.5, 0.6) is 11.5 Å². The lowest BCUT2D eigenvalue weighted by molar-refractivity contribution is -0.119. The monoisotopic (exact) mass is 330 g/mol. The number of nitrogens with two attached hydrogens (primary N) is 2. The normalized spacial score (nSPS) is 10.4. The molecule has 9 heteroatoms. The number of hydrogen-bond donors (Lipinski definition) is 3. The van der Waals surface area contributed by atoms with Crippen LogP contribution in [0.3, 0.4) is 0 Å². The second kappa shape index (κ2) is 8.28. The molecule has 0 aliphatic carbocycles. The molecule has 0 atom stereocenters. The largest absolute Gasteiger partial charge is 0.490 e. The van der Waals surface area contributed by atoms with E-state index in [1.807, 2.05) is 0 Å². The van der Waals surface area contributed by atoms with Gasteiger partial charge in [0.1, 0.15) is 0 Å². The van der Waals surface area contributed by atoms with Gasteiger partial charge in [-0.25, -0.2) is 0 Å². The highest BCUT2D eigenvalue weighted by Crippen LogP contribution is 2.36. The number of ether oxygens (including phenoxy) is 2. The fraction of sp³-hybridized carbons (Fsp3) is 0.250. The molecule has 0 spiro atoms. The SMILES string of the molecule is CCOc1cc(C=NNC(N)=S)cc(Cl)c1OCC(N)=O. The summed E-state index contributed by atoms with van der Waals surface area (Å²) in [4.78, 5) is 10.8. The molecule has 1 aromatic carbocycles. The minimum Gasteiger partial charge on any atom is -0.490 e. The molecule has 1 aromatic rings. The van der Waals surface area contributed by atoms with Gasteiger partial charge in [-0.1, -0.05) is 11.6 Å². The van der Waals surface area contributed by atoms with Crippen LogP contribution >= 0.6 is 23.8 Å². The van der Waals surface area contributed by atoms with E-state index >= 15 is 0 Å². The van der Waals surface area contributed by atoms with E-state index in [-0.39, 0.29) is 22.5 Å². The third-order valence-corrected chi connectivity index (χ3v) is 2.45. The highest BCUT2D eigenvalue weighted by atomic mass is 35.5. The predicted octanol–water partition coefficient (Wildman–Crippen LogP) is 0.770. The zero-order chi connectivity index (χ0) is 15.8. The summed E-state index contributed by atoms with van der Waals surface area (Å²) in [5.41, 5.74) is 13.3. The lowest BCUT2D eigenvalue weighted by atomic mass is 10.2. The molecule has 0 aromatic heterocycles. The van der Waals surface area contributed by atoms with E-state index in [4.69, 9.17) is 32.5 Å². The molecule has 0 saturated carbocycles. The highest BCUT2D eigenvalue weighted by molar-refractivity contribution is 7.80. The standard InChI is InChI=1S/C12H15ClN4O3S/c1-2-19-9-4-7(5-16-17-12(15)21)3-8(13)11(9)20-6-10(14)18/h3-5H,2,6H2,1H3,(H2,14,18)(H3,15,17,21). The Morgan fingerprint density at radius 2 is 2.19 bits per heavy atom. The Balaban J connectivity index is 3.02. The quantitative estimate of drug-likeness (QED) is 0.387. The van der Waals surface area contributed by atoms with Gasteiger partial charge in [-0.3, -0.25) is 10.2 Å². The summed E-state index contributed by atoms with van der Waals surface area (Å²) in [7, 11) is 0. The van der Waals surface area contributed by atoms with Crippen molar-refractivity contribution in [3.8, 4) is 11.5 Å². The van der Waals surface area contributed by atoms with Gasteiger partial charge in [0.05, 0.1) is 17.8 Å². The number of halogens is 1. The second-order valence-electron chi connectivity index (χ2n) is 3.75. The maximum Gasteiger partial charge on any atom is 0.255 e. The van der Waals surface area contributed by atoms with E-state index in [2.05, 4.69) is 22.7 Å². The van der Waals surface area contributed by atoms with Crippen LogP contribution in [0.2, 0.25) is 5.02 Å². The molecule has 0 saturated heterocycles. The minimum absolute atomic E-state index is 0.0452. The summed E-state index contributed by atoms with van der Waals surface area (Å²) in [6.45, 7) is 1.91. The average Bonchev–Trinajstić information content (AvgIpc) is 2.37. The van der Waals surface area contributed by atoms with Gasteiger partial charge in [0.15, 0.2) is 23.2 Å². The van der Waals surface area contributed by atoms with E-state index in [9.17, 15) is 4.79 Å². The van der Waals surface area contributed by atoms with Crippen molar-refractivity contribution in [3.05, 3.63) is 22.7 Å². The second-order valence-corrected chi connectivity index (χ2v) is 4.60. The first-order valence-corrected chi connectivity index (χ1v) is 6.68. The molecule has 0 unspecified atom stereocenters. The summed E-state index contributed by atoms with van der Waals surface area (Å²) >= 11 is 10.7. The molecule has 0 radical (unpaired) electrons. The number of benzene rings is 1. The van der Waals surface area contributed by atoms with Crippen LogP contribution in [0.25, 0.3) is 0 Å². The van der Waals surface area contributed by atoms with Gasteiger partial charge >= 0.3 is 0 Å². The minimum atomic E-state index is -0.611. The number of amides is 1. The van der Waals surface area contributed by atoms with Crippen molar-refractivity contribution < 1.29 is 14.3 Å². The van der Waals surface area contributed by atoms with Gasteiger partial charge in [-0.2, -0.15) is 5.10 Å². The van der Waals surface area contributed by atoms with Crippen LogP contribution in [0, 0.1) is 0 Å². The van der Waals surface area contributed by atoms with Crippen LogP contribution < -0.4 is 26.4 Å². The van der Waals surface area contributed by atoms with Crippen molar-refractivity contribution in [2.24, 2.45) is 16.6 Å². The number of thiocarbonyl (C=S) groups is 1. The van der Waals surface area contributed by atoms with Gasteiger partial charge in [0.25, 0.3) is 5.91 Å². The van der Waals surface area contributed by atoms with Crippen LogP contribution in [0.1, 0.15) is 12.5 Å². The Kier molecular flexibility index (Phi) is 6.70. The lowest BCUT2D eigenvalue weighted by Crippen LogP contribution is -2.24. The first-order valence-electron chi connectivity index (χ1n) is 5.90. The maximum atomic E-state index is 10.8. The number of nitrogens with zero attached hydrogens (tertiary/aromatic N) is 1. The Hall–Kier alpha value is -2.06. The van der Waals surface area contributed by atoms with Crippen LogP contribution in [-0.2, 0) is 4.79 Å². The molecular weight excluding hydrogens is 316 g/mol. The van der Waals surface area contributed by atoms with E-state index in [1.54, 1.807) is 19.1 Å². The Labute approximate surface area is 132 Å². The summed E-state index contributed by atoms with van der Waals surface area (Å²) in [5.74, 6) is 0.0135. The highest BCUT2D eigenvalue weighted by Gasteiger charge is 2.13. The third kappa shape index (κ3) is 5.84. The molecule has 0 heterocycles. The van der Waals surface area contributed by atoms with E-state index < -0.39 is 5.91 Å². The average molecular weight is 331 g/mol. The number of hydrogen-bond acceptors (Lipinski definition) is 5. The molecule has 1 rings (SSSR count). The van der Waals surface area contributed by atoms with E-state index in [1.165, 1.54) is 6.21 Å². The fourth-order valence-electron chi connectivity index (χ4n) is 1.38. The maximum absolute atomic E-state index is 10.8. The number of nitrogens with one attached hydrogen (secondary N) is 1. The third-order valence-electron chi connectivity index (χ3n) is 2.08. The molecule has 0 aliphatic rings. The van der Waals surface area contributed by atoms with Crippen molar-refractivity contribution in [1.82, 2.24) is 5.43 Å². The Morgan fingerprint density at radius 3 is 2.76 bits per heavy atom. The van der Waals surface area contributed by atoms with Crippen molar-refractivity contribution in [2.75, 3.05) is 13.2 Å². The summed E-state index contributed by atoms with van der Waals surface area (Å²) in [5, 5.41) is 4.13. The topological polar surface area (TPSA) is 112 Å². The predicted molar refractivity (Wildman–Crippen MR) is 84.8 cm³/mol. The number of carbonyl (C=O) groups is 1.